The van der Waals surface area contributed by atoms with E-state index in [2.05, 4.69) is 10.3 Å². The average Bonchev–Trinajstić information content (AvgIpc) is 2.40. The zero-order valence-corrected chi connectivity index (χ0v) is 10.6. The number of hydrogen-bond acceptors (Lipinski definition) is 3. The van der Waals surface area contributed by atoms with E-state index in [4.69, 9.17) is 11.6 Å². The molecule has 4 heteroatoms. The Hall–Kier alpha value is -1.42. The fourth-order valence-corrected chi connectivity index (χ4v) is 1.76. The van der Waals surface area contributed by atoms with Crippen molar-refractivity contribution in [3.63, 3.8) is 0 Å². The molecule has 0 aliphatic carbocycles. The maximum atomic E-state index is 9.94. The van der Waals surface area contributed by atoms with Gasteiger partial charge in [-0.25, -0.2) is 4.98 Å². The highest BCUT2D eigenvalue weighted by atomic mass is 35.5. The van der Waals surface area contributed by atoms with Crippen LogP contribution in [0.25, 0.3) is 0 Å². The van der Waals surface area contributed by atoms with E-state index in [1.807, 2.05) is 30.3 Å². The Morgan fingerprint density at radius 1 is 1.17 bits per heavy atom. The van der Waals surface area contributed by atoms with Gasteiger partial charge >= 0.3 is 0 Å². The largest absolute Gasteiger partial charge is 0.387 e. The van der Waals surface area contributed by atoms with Crippen LogP contribution >= 0.6 is 11.6 Å². The van der Waals surface area contributed by atoms with Gasteiger partial charge in [0.25, 0.3) is 0 Å². The summed E-state index contributed by atoms with van der Waals surface area (Å²) in [5.41, 5.74) is 1.96. The Balaban J connectivity index is 1.81. The molecule has 2 aromatic rings. The molecule has 0 unspecified atom stereocenters. The summed E-state index contributed by atoms with van der Waals surface area (Å²) in [5.74, 6) is 0. The molecule has 18 heavy (non-hydrogen) atoms. The molecule has 0 fully saturated rings. The predicted octanol–water partition coefficient (Wildman–Crippen LogP) is 2.56. The number of nitrogens with one attached hydrogen (secondary N) is 1. The van der Waals surface area contributed by atoms with E-state index in [-0.39, 0.29) is 0 Å². The zero-order valence-electron chi connectivity index (χ0n) is 9.88. The molecular formula is C14H15ClN2O. The maximum absolute atomic E-state index is 9.94. The summed E-state index contributed by atoms with van der Waals surface area (Å²) in [4.78, 5) is 3.94. The first-order valence-corrected chi connectivity index (χ1v) is 6.17. The number of aromatic nitrogens is 1. The molecule has 0 aliphatic rings. The summed E-state index contributed by atoms with van der Waals surface area (Å²) in [6.45, 7) is 1.22. The van der Waals surface area contributed by atoms with Crippen molar-refractivity contribution >= 4 is 11.6 Å². The SMILES string of the molecule is O[C@@H](CNCc1ccccc1)c1ccc(Cl)nc1. The third-order valence-electron chi connectivity index (χ3n) is 2.64. The lowest BCUT2D eigenvalue weighted by Gasteiger charge is -2.11. The number of rotatable bonds is 5. The van der Waals surface area contributed by atoms with Crippen LogP contribution in [0.3, 0.4) is 0 Å². The van der Waals surface area contributed by atoms with Gasteiger partial charge in [-0.05, 0) is 11.6 Å². The van der Waals surface area contributed by atoms with Gasteiger partial charge < -0.3 is 10.4 Å². The smallest absolute Gasteiger partial charge is 0.129 e. The molecule has 0 saturated carbocycles. The Bertz CT molecular complexity index is 473. The number of hydrogen-bond donors (Lipinski definition) is 2. The lowest BCUT2D eigenvalue weighted by molar-refractivity contribution is 0.174. The molecule has 2 N–H and O–H groups in total. The van der Waals surface area contributed by atoms with Crippen molar-refractivity contribution in [2.45, 2.75) is 12.6 Å². The van der Waals surface area contributed by atoms with Crippen LogP contribution in [0.2, 0.25) is 5.15 Å². The van der Waals surface area contributed by atoms with Crippen molar-refractivity contribution in [3.05, 3.63) is 64.9 Å². The van der Waals surface area contributed by atoms with Crippen molar-refractivity contribution in [2.75, 3.05) is 6.54 Å². The monoisotopic (exact) mass is 262 g/mol. The number of halogens is 1. The summed E-state index contributed by atoms with van der Waals surface area (Å²) in [6, 6.07) is 13.5. The number of aliphatic hydroxyl groups is 1. The third kappa shape index (κ3) is 3.81. The van der Waals surface area contributed by atoms with Crippen molar-refractivity contribution in [2.24, 2.45) is 0 Å². The lowest BCUT2D eigenvalue weighted by Crippen LogP contribution is -2.21. The van der Waals surface area contributed by atoms with Gasteiger partial charge in [0.05, 0.1) is 6.10 Å². The summed E-state index contributed by atoms with van der Waals surface area (Å²) >= 11 is 5.69. The summed E-state index contributed by atoms with van der Waals surface area (Å²) < 4.78 is 0. The molecule has 0 radical (unpaired) electrons. The van der Waals surface area contributed by atoms with Gasteiger partial charge in [0.1, 0.15) is 5.15 Å². The first kappa shape index (κ1) is 13.0. The van der Waals surface area contributed by atoms with Crippen molar-refractivity contribution in [1.29, 1.82) is 0 Å². The van der Waals surface area contributed by atoms with Crippen LogP contribution in [-0.4, -0.2) is 16.6 Å². The van der Waals surface area contributed by atoms with Crippen LogP contribution < -0.4 is 5.32 Å². The third-order valence-corrected chi connectivity index (χ3v) is 2.87. The Morgan fingerprint density at radius 3 is 2.61 bits per heavy atom. The molecule has 0 saturated heterocycles. The van der Waals surface area contributed by atoms with E-state index in [1.54, 1.807) is 18.3 Å². The standard InChI is InChI=1S/C14H15ClN2O/c15-14-7-6-12(9-17-14)13(18)10-16-8-11-4-2-1-3-5-11/h1-7,9,13,16,18H,8,10H2/t13-/m0/s1. The molecular weight excluding hydrogens is 248 g/mol. The van der Waals surface area contributed by atoms with Crippen molar-refractivity contribution in [1.82, 2.24) is 10.3 Å². The molecule has 1 heterocycles. The van der Waals surface area contributed by atoms with E-state index in [1.165, 1.54) is 5.56 Å². The number of aliphatic hydroxyl groups excluding tert-OH is 1. The van der Waals surface area contributed by atoms with E-state index in [0.717, 1.165) is 12.1 Å². The topological polar surface area (TPSA) is 45.1 Å². The summed E-state index contributed by atoms with van der Waals surface area (Å²) in [6.07, 6.45) is 1.02. The summed E-state index contributed by atoms with van der Waals surface area (Å²) in [5, 5.41) is 13.6. The number of nitrogens with zero attached hydrogens (tertiary/aromatic N) is 1. The van der Waals surface area contributed by atoms with Gasteiger partial charge in [0.2, 0.25) is 0 Å². The molecule has 94 valence electrons. The van der Waals surface area contributed by atoms with Gasteiger partial charge in [0, 0.05) is 24.8 Å². The minimum atomic E-state index is -0.571. The highest BCUT2D eigenvalue weighted by Crippen LogP contribution is 2.13. The van der Waals surface area contributed by atoms with Gasteiger partial charge in [-0.1, -0.05) is 48.0 Å². The predicted molar refractivity (Wildman–Crippen MR) is 72.4 cm³/mol. The lowest BCUT2D eigenvalue weighted by atomic mass is 10.1. The van der Waals surface area contributed by atoms with Crippen LogP contribution in [0.4, 0.5) is 0 Å². The second kappa shape index (κ2) is 6.50. The van der Waals surface area contributed by atoms with Gasteiger partial charge in [0.15, 0.2) is 0 Å². The first-order chi connectivity index (χ1) is 8.75. The average molecular weight is 263 g/mol. The van der Waals surface area contributed by atoms with Gasteiger partial charge in [-0.3, -0.25) is 0 Å². The normalized spacial score (nSPS) is 12.3. The van der Waals surface area contributed by atoms with Crippen LogP contribution in [-0.2, 0) is 6.54 Å². The highest BCUT2D eigenvalue weighted by Gasteiger charge is 2.07. The van der Waals surface area contributed by atoms with E-state index in [9.17, 15) is 5.11 Å². The van der Waals surface area contributed by atoms with Crippen LogP contribution in [0.15, 0.2) is 48.7 Å². The molecule has 1 aromatic heterocycles. The van der Waals surface area contributed by atoms with E-state index < -0.39 is 6.10 Å². The minimum Gasteiger partial charge on any atom is -0.387 e. The quantitative estimate of drug-likeness (QED) is 0.814. The van der Waals surface area contributed by atoms with Gasteiger partial charge in [-0.2, -0.15) is 0 Å². The Morgan fingerprint density at radius 2 is 1.94 bits per heavy atom. The fraction of sp³-hybridized carbons (Fsp3) is 0.214. The second-order valence-electron chi connectivity index (χ2n) is 4.05. The molecule has 0 amide bonds. The second-order valence-corrected chi connectivity index (χ2v) is 4.43. The van der Waals surface area contributed by atoms with Crippen LogP contribution in [0.5, 0.6) is 0 Å². The first-order valence-electron chi connectivity index (χ1n) is 5.80. The number of pyridine rings is 1. The number of benzene rings is 1. The Kier molecular flexibility index (Phi) is 4.70. The molecule has 1 atom stereocenters. The summed E-state index contributed by atoms with van der Waals surface area (Å²) in [7, 11) is 0. The zero-order chi connectivity index (χ0) is 12.8. The molecule has 0 bridgehead atoms. The van der Waals surface area contributed by atoms with Gasteiger partial charge in [-0.15, -0.1) is 0 Å². The molecule has 0 spiro atoms. The molecule has 0 aliphatic heterocycles. The molecule has 3 nitrogen and oxygen atoms in total. The molecule has 2 rings (SSSR count). The fourth-order valence-electron chi connectivity index (χ4n) is 1.65. The highest BCUT2D eigenvalue weighted by molar-refractivity contribution is 6.29. The van der Waals surface area contributed by atoms with Crippen LogP contribution in [0, 0.1) is 0 Å². The maximum Gasteiger partial charge on any atom is 0.129 e. The van der Waals surface area contributed by atoms with Crippen LogP contribution in [0.1, 0.15) is 17.2 Å². The van der Waals surface area contributed by atoms with Crippen molar-refractivity contribution in [3.8, 4) is 0 Å². The Labute approximate surface area is 111 Å². The molecule has 1 aromatic carbocycles. The van der Waals surface area contributed by atoms with E-state index in [0.29, 0.717) is 11.7 Å². The van der Waals surface area contributed by atoms with Crippen molar-refractivity contribution < 1.29 is 5.11 Å². The van der Waals surface area contributed by atoms with E-state index >= 15 is 0 Å². The minimum absolute atomic E-state index is 0.434.